The largest absolute Gasteiger partial charge is 0.493 e. The molecule has 1 aromatic rings. The van der Waals surface area contributed by atoms with Crippen LogP contribution < -0.4 is 4.74 Å². The van der Waals surface area contributed by atoms with Crippen molar-refractivity contribution in [1.82, 2.24) is 0 Å². The Morgan fingerprint density at radius 3 is 2.06 bits per heavy atom. The maximum Gasteiger partial charge on any atom is 0.119 e. The third-order valence-electron chi connectivity index (χ3n) is 3.71. The van der Waals surface area contributed by atoms with E-state index in [2.05, 4.69) is 57.7 Å². The van der Waals surface area contributed by atoms with Gasteiger partial charge in [-0.25, -0.2) is 0 Å². The quantitative estimate of drug-likeness (QED) is 0.709. The van der Waals surface area contributed by atoms with Crippen LogP contribution in [-0.2, 0) is 6.42 Å². The van der Waals surface area contributed by atoms with Crippen molar-refractivity contribution in [2.75, 3.05) is 12.4 Å². The summed E-state index contributed by atoms with van der Waals surface area (Å²) in [4.78, 5) is 0. The fourth-order valence-corrected chi connectivity index (χ4v) is 2.32. The number of hydrogen-bond acceptors (Lipinski definition) is 2. The van der Waals surface area contributed by atoms with E-state index in [-0.39, 0.29) is 5.41 Å². The highest BCUT2D eigenvalue weighted by molar-refractivity contribution is 7.80. The van der Waals surface area contributed by atoms with Crippen LogP contribution in [0.1, 0.15) is 39.2 Å². The van der Waals surface area contributed by atoms with E-state index in [1.807, 2.05) is 0 Å². The molecule has 0 aliphatic heterocycles. The fraction of sp³-hybridized carbons (Fsp3) is 0.600. The van der Waals surface area contributed by atoms with Gasteiger partial charge in [0.05, 0.1) is 6.61 Å². The molecule has 0 fully saturated rings. The molecule has 0 spiro atoms. The summed E-state index contributed by atoms with van der Waals surface area (Å²) in [6.07, 6.45) is 3.30. The molecular formula is C15H24OS. The molecule has 0 amide bonds. The first kappa shape index (κ1) is 14.4. The number of hydrogen-bond donors (Lipinski definition) is 1. The van der Waals surface area contributed by atoms with Gasteiger partial charge in [-0.05, 0) is 42.7 Å². The van der Waals surface area contributed by atoms with E-state index in [1.165, 1.54) is 5.56 Å². The molecule has 1 rings (SSSR count). The SMILES string of the molecule is CCc1ccc(OCC(CC)(CC)CS)cc1. The third kappa shape index (κ3) is 3.95. The Balaban J connectivity index is 2.59. The molecule has 1 nitrogen and oxygen atoms in total. The van der Waals surface area contributed by atoms with Crippen molar-refractivity contribution >= 4 is 12.6 Å². The van der Waals surface area contributed by atoms with Gasteiger partial charge in [0.15, 0.2) is 0 Å². The first-order valence-corrected chi connectivity index (χ1v) is 7.15. The average molecular weight is 252 g/mol. The summed E-state index contributed by atoms with van der Waals surface area (Å²) in [5.41, 5.74) is 1.57. The summed E-state index contributed by atoms with van der Waals surface area (Å²) < 4.78 is 5.89. The predicted molar refractivity (Wildman–Crippen MR) is 78.2 cm³/mol. The summed E-state index contributed by atoms with van der Waals surface area (Å²) in [7, 11) is 0. The minimum absolute atomic E-state index is 0.215. The average Bonchev–Trinajstić information content (AvgIpc) is 2.41. The Morgan fingerprint density at radius 1 is 1.06 bits per heavy atom. The van der Waals surface area contributed by atoms with Crippen molar-refractivity contribution in [2.45, 2.75) is 40.0 Å². The number of rotatable bonds is 7. The Morgan fingerprint density at radius 2 is 1.65 bits per heavy atom. The van der Waals surface area contributed by atoms with E-state index < -0.39 is 0 Å². The molecule has 96 valence electrons. The molecule has 0 aliphatic carbocycles. The molecule has 0 bridgehead atoms. The predicted octanol–water partition coefficient (Wildman–Crippen LogP) is 4.36. The smallest absolute Gasteiger partial charge is 0.119 e. The lowest BCUT2D eigenvalue weighted by Gasteiger charge is -2.29. The Bertz CT molecular complexity index is 306. The second kappa shape index (κ2) is 6.95. The second-order valence-corrected chi connectivity index (χ2v) is 4.97. The second-order valence-electron chi connectivity index (χ2n) is 4.65. The first-order valence-electron chi connectivity index (χ1n) is 6.52. The van der Waals surface area contributed by atoms with E-state index in [1.54, 1.807) is 0 Å². The van der Waals surface area contributed by atoms with E-state index in [9.17, 15) is 0 Å². The highest BCUT2D eigenvalue weighted by Gasteiger charge is 2.25. The van der Waals surface area contributed by atoms with Crippen molar-refractivity contribution < 1.29 is 4.74 Å². The maximum atomic E-state index is 5.89. The summed E-state index contributed by atoms with van der Waals surface area (Å²) in [6, 6.07) is 8.39. The summed E-state index contributed by atoms with van der Waals surface area (Å²) in [6.45, 7) is 7.34. The number of benzene rings is 1. The zero-order chi connectivity index (χ0) is 12.7. The van der Waals surface area contributed by atoms with Gasteiger partial charge in [0.1, 0.15) is 5.75 Å². The van der Waals surface area contributed by atoms with Crippen LogP contribution in [0.25, 0.3) is 0 Å². The molecule has 0 radical (unpaired) electrons. The van der Waals surface area contributed by atoms with Crippen LogP contribution in [0.3, 0.4) is 0 Å². The Kier molecular flexibility index (Phi) is 5.90. The van der Waals surface area contributed by atoms with E-state index >= 15 is 0 Å². The van der Waals surface area contributed by atoms with Crippen LogP contribution in [-0.4, -0.2) is 12.4 Å². The van der Waals surface area contributed by atoms with Gasteiger partial charge in [-0.3, -0.25) is 0 Å². The van der Waals surface area contributed by atoms with Gasteiger partial charge in [-0.2, -0.15) is 12.6 Å². The summed E-state index contributed by atoms with van der Waals surface area (Å²) in [5.74, 6) is 1.85. The molecule has 2 heteroatoms. The van der Waals surface area contributed by atoms with Gasteiger partial charge < -0.3 is 4.74 Å². The minimum atomic E-state index is 0.215. The highest BCUT2D eigenvalue weighted by atomic mass is 32.1. The summed E-state index contributed by atoms with van der Waals surface area (Å²) >= 11 is 4.46. The number of ether oxygens (including phenoxy) is 1. The monoisotopic (exact) mass is 252 g/mol. The van der Waals surface area contributed by atoms with Gasteiger partial charge in [0.2, 0.25) is 0 Å². The lowest BCUT2D eigenvalue weighted by molar-refractivity contribution is 0.157. The normalized spacial score (nSPS) is 11.5. The fourth-order valence-electron chi connectivity index (χ4n) is 1.78. The zero-order valence-electron chi connectivity index (χ0n) is 11.2. The van der Waals surface area contributed by atoms with Gasteiger partial charge in [-0.15, -0.1) is 0 Å². The van der Waals surface area contributed by atoms with Crippen LogP contribution >= 0.6 is 12.6 Å². The summed E-state index contributed by atoms with van der Waals surface area (Å²) in [5, 5.41) is 0. The van der Waals surface area contributed by atoms with Gasteiger partial charge in [0, 0.05) is 5.41 Å². The van der Waals surface area contributed by atoms with Gasteiger partial charge in [0.25, 0.3) is 0 Å². The van der Waals surface area contributed by atoms with Crippen molar-refractivity contribution in [1.29, 1.82) is 0 Å². The molecule has 0 aromatic heterocycles. The number of thiol groups is 1. The van der Waals surface area contributed by atoms with Crippen molar-refractivity contribution in [3.63, 3.8) is 0 Å². The molecule has 1 aromatic carbocycles. The molecule has 17 heavy (non-hydrogen) atoms. The molecule has 0 saturated carbocycles. The van der Waals surface area contributed by atoms with E-state index in [4.69, 9.17) is 4.74 Å². The molecule has 0 saturated heterocycles. The molecule has 0 heterocycles. The highest BCUT2D eigenvalue weighted by Crippen LogP contribution is 2.29. The van der Waals surface area contributed by atoms with Crippen LogP contribution in [0.5, 0.6) is 5.75 Å². The first-order chi connectivity index (χ1) is 8.19. The van der Waals surface area contributed by atoms with Crippen molar-refractivity contribution in [2.24, 2.45) is 5.41 Å². The van der Waals surface area contributed by atoms with E-state index in [0.717, 1.165) is 37.4 Å². The van der Waals surface area contributed by atoms with Crippen molar-refractivity contribution in [3.05, 3.63) is 29.8 Å². The van der Waals surface area contributed by atoms with Gasteiger partial charge >= 0.3 is 0 Å². The van der Waals surface area contributed by atoms with Crippen LogP contribution in [0.4, 0.5) is 0 Å². The molecule has 0 atom stereocenters. The standard InChI is InChI=1S/C15H24OS/c1-4-13-7-9-14(10-8-13)16-11-15(5-2,6-3)12-17/h7-10,17H,4-6,11-12H2,1-3H3. The van der Waals surface area contributed by atoms with Crippen LogP contribution in [0.2, 0.25) is 0 Å². The minimum Gasteiger partial charge on any atom is -0.493 e. The van der Waals surface area contributed by atoms with Crippen molar-refractivity contribution in [3.8, 4) is 5.75 Å². The lowest BCUT2D eigenvalue weighted by Crippen LogP contribution is -2.29. The topological polar surface area (TPSA) is 9.23 Å². The molecule has 0 N–H and O–H groups in total. The molecular weight excluding hydrogens is 228 g/mol. The van der Waals surface area contributed by atoms with Crippen LogP contribution in [0.15, 0.2) is 24.3 Å². The van der Waals surface area contributed by atoms with Gasteiger partial charge in [-0.1, -0.05) is 32.9 Å². The molecule has 0 unspecified atom stereocenters. The van der Waals surface area contributed by atoms with E-state index in [0.29, 0.717) is 0 Å². The zero-order valence-corrected chi connectivity index (χ0v) is 12.1. The maximum absolute atomic E-state index is 5.89. The third-order valence-corrected chi connectivity index (χ3v) is 4.38. The van der Waals surface area contributed by atoms with Crippen LogP contribution in [0, 0.1) is 5.41 Å². The lowest BCUT2D eigenvalue weighted by atomic mass is 9.85. The Labute approximate surface area is 111 Å². The molecule has 0 aliphatic rings. The number of aryl methyl sites for hydroxylation is 1. The Hall–Kier alpha value is -0.630.